The lowest BCUT2D eigenvalue weighted by atomic mass is 10.1. The number of hydrogen-bond acceptors (Lipinski definition) is 7. The van der Waals surface area contributed by atoms with Gasteiger partial charge in [0.05, 0.1) is 31.3 Å². The van der Waals surface area contributed by atoms with Gasteiger partial charge in [0.2, 0.25) is 0 Å². The first-order valence-electron chi connectivity index (χ1n) is 9.48. The van der Waals surface area contributed by atoms with Gasteiger partial charge in [-0.15, -0.1) is 5.10 Å². The lowest BCUT2D eigenvalue weighted by Gasteiger charge is -2.18. The zero-order chi connectivity index (χ0) is 21.7. The second-order valence-electron chi connectivity index (χ2n) is 6.58. The molecule has 3 aromatic rings. The molecule has 9 nitrogen and oxygen atoms in total. The largest absolute Gasteiger partial charge is 0.497 e. The maximum atomic E-state index is 12.3. The van der Waals surface area contributed by atoms with E-state index < -0.39 is 18.5 Å². The third kappa shape index (κ3) is 4.51. The van der Waals surface area contributed by atoms with Crippen LogP contribution in [0, 0.1) is 0 Å². The number of nitrogens with zero attached hydrogens (tertiary/aromatic N) is 3. The lowest BCUT2D eigenvalue weighted by molar-refractivity contribution is -0.124. The Morgan fingerprint density at radius 1 is 1.13 bits per heavy atom. The molecule has 0 fully saturated rings. The van der Waals surface area contributed by atoms with Crippen molar-refractivity contribution >= 4 is 22.9 Å². The fourth-order valence-corrected chi connectivity index (χ4v) is 3.09. The molecule has 1 amide bonds. The zero-order valence-electron chi connectivity index (χ0n) is 17.3. The fourth-order valence-electron chi connectivity index (χ4n) is 3.09. The highest BCUT2D eigenvalue weighted by Gasteiger charge is 2.17. The predicted octanol–water partition coefficient (Wildman–Crippen LogP) is 2.50. The molecule has 0 saturated carbocycles. The molecule has 0 aliphatic heterocycles. The van der Waals surface area contributed by atoms with Crippen molar-refractivity contribution in [1.82, 2.24) is 20.3 Å². The molecule has 0 spiro atoms. The highest BCUT2D eigenvalue weighted by atomic mass is 16.5. The van der Waals surface area contributed by atoms with E-state index in [0.717, 1.165) is 11.1 Å². The van der Waals surface area contributed by atoms with Crippen LogP contribution in [0.25, 0.3) is 11.0 Å². The van der Waals surface area contributed by atoms with Crippen LogP contribution in [0.4, 0.5) is 0 Å². The van der Waals surface area contributed by atoms with E-state index in [1.165, 1.54) is 0 Å². The Labute approximate surface area is 173 Å². The average Bonchev–Trinajstić information content (AvgIpc) is 3.19. The van der Waals surface area contributed by atoms with Crippen molar-refractivity contribution in [3.63, 3.8) is 0 Å². The Morgan fingerprint density at radius 3 is 2.63 bits per heavy atom. The van der Waals surface area contributed by atoms with Crippen molar-refractivity contribution in [1.29, 1.82) is 0 Å². The van der Waals surface area contributed by atoms with Gasteiger partial charge in [0.25, 0.3) is 5.91 Å². The Bertz CT molecular complexity index is 1060. The number of benzene rings is 2. The van der Waals surface area contributed by atoms with Gasteiger partial charge in [0.15, 0.2) is 6.61 Å². The minimum atomic E-state index is -0.607. The lowest BCUT2D eigenvalue weighted by Crippen LogP contribution is -2.31. The van der Waals surface area contributed by atoms with E-state index in [-0.39, 0.29) is 6.04 Å². The van der Waals surface area contributed by atoms with Crippen LogP contribution in [0.15, 0.2) is 36.4 Å². The molecule has 2 aromatic carbocycles. The monoisotopic (exact) mass is 412 g/mol. The molecule has 1 heterocycles. The summed E-state index contributed by atoms with van der Waals surface area (Å²) in [7, 11) is 3.12. The predicted molar refractivity (Wildman–Crippen MR) is 110 cm³/mol. The standard InChI is InChI=1S/C21H24N4O5/c1-5-25-18-8-6-14(10-17(18)23-24-25)21(27)30-12-20(26)22-13(2)16-11-15(28-3)7-9-19(16)29-4/h6-11,13H,5,12H2,1-4H3,(H,22,26)/t13-/m1/s1. The number of carbonyl (C=O) groups is 2. The van der Waals surface area contributed by atoms with Crippen molar-refractivity contribution in [3.8, 4) is 11.5 Å². The van der Waals surface area contributed by atoms with E-state index in [9.17, 15) is 9.59 Å². The minimum absolute atomic E-state index is 0.306. The van der Waals surface area contributed by atoms with Crippen LogP contribution >= 0.6 is 0 Å². The molecule has 30 heavy (non-hydrogen) atoms. The Hall–Kier alpha value is -3.62. The SMILES string of the molecule is CCn1nnc2cc(C(=O)OCC(=O)N[C@H](C)c3cc(OC)ccc3OC)ccc21. The number of carbonyl (C=O) groups excluding carboxylic acids is 2. The van der Waals surface area contributed by atoms with Gasteiger partial charge in [-0.2, -0.15) is 0 Å². The Kier molecular flexibility index (Phi) is 6.51. The first-order chi connectivity index (χ1) is 14.5. The third-order valence-electron chi connectivity index (χ3n) is 4.66. The number of ether oxygens (including phenoxy) is 3. The summed E-state index contributed by atoms with van der Waals surface area (Å²) in [6, 6.07) is 9.93. The number of nitrogens with one attached hydrogen (secondary N) is 1. The smallest absolute Gasteiger partial charge is 0.338 e. The summed E-state index contributed by atoms with van der Waals surface area (Å²) in [6.07, 6.45) is 0. The minimum Gasteiger partial charge on any atom is -0.497 e. The van der Waals surface area contributed by atoms with Crippen molar-refractivity contribution in [2.75, 3.05) is 20.8 Å². The number of aromatic nitrogens is 3. The number of fused-ring (bicyclic) bond motifs is 1. The summed E-state index contributed by atoms with van der Waals surface area (Å²) in [5.41, 5.74) is 2.48. The summed E-state index contributed by atoms with van der Waals surface area (Å²) in [6.45, 7) is 4.03. The van der Waals surface area contributed by atoms with Crippen LogP contribution in [-0.4, -0.2) is 47.7 Å². The van der Waals surface area contributed by atoms with E-state index >= 15 is 0 Å². The van der Waals surface area contributed by atoms with Gasteiger partial charge in [0, 0.05) is 12.1 Å². The number of esters is 1. The third-order valence-corrected chi connectivity index (χ3v) is 4.66. The van der Waals surface area contributed by atoms with Crippen molar-refractivity contribution in [2.24, 2.45) is 0 Å². The van der Waals surface area contributed by atoms with Crippen LogP contribution in [0.1, 0.15) is 35.8 Å². The topological polar surface area (TPSA) is 105 Å². The molecule has 0 aliphatic rings. The van der Waals surface area contributed by atoms with Gasteiger partial charge in [-0.05, 0) is 50.2 Å². The van der Waals surface area contributed by atoms with E-state index in [1.807, 2.05) is 13.8 Å². The molecule has 1 atom stereocenters. The quantitative estimate of drug-likeness (QED) is 0.567. The molecule has 9 heteroatoms. The molecular weight excluding hydrogens is 388 g/mol. The van der Waals surface area contributed by atoms with Crippen molar-refractivity contribution < 1.29 is 23.8 Å². The fraction of sp³-hybridized carbons (Fsp3) is 0.333. The van der Waals surface area contributed by atoms with E-state index in [0.29, 0.717) is 29.1 Å². The molecular formula is C21H24N4O5. The van der Waals surface area contributed by atoms with E-state index in [2.05, 4.69) is 15.6 Å². The first-order valence-corrected chi connectivity index (χ1v) is 9.48. The Morgan fingerprint density at radius 2 is 1.93 bits per heavy atom. The molecule has 0 bridgehead atoms. The summed E-state index contributed by atoms with van der Waals surface area (Å²) < 4.78 is 17.4. The first kappa shape index (κ1) is 21.1. The van der Waals surface area contributed by atoms with Crippen molar-refractivity contribution in [3.05, 3.63) is 47.5 Å². The summed E-state index contributed by atoms with van der Waals surface area (Å²) in [4.78, 5) is 24.6. The molecule has 1 aromatic heterocycles. The molecule has 0 unspecified atom stereocenters. The molecule has 0 aliphatic carbocycles. The molecule has 3 rings (SSSR count). The molecule has 0 saturated heterocycles. The second-order valence-corrected chi connectivity index (χ2v) is 6.58. The maximum absolute atomic E-state index is 12.3. The van der Waals surface area contributed by atoms with Crippen LogP contribution in [0.3, 0.4) is 0 Å². The molecule has 0 radical (unpaired) electrons. The Balaban J connectivity index is 1.61. The maximum Gasteiger partial charge on any atom is 0.338 e. The number of hydrogen-bond donors (Lipinski definition) is 1. The van der Waals surface area contributed by atoms with Gasteiger partial charge < -0.3 is 19.5 Å². The molecule has 1 N–H and O–H groups in total. The average molecular weight is 412 g/mol. The second kappa shape index (κ2) is 9.25. The van der Waals surface area contributed by atoms with Crippen LogP contribution in [0.2, 0.25) is 0 Å². The number of aryl methyl sites for hydroxylation is 1. The molecule has 158 valence electrons. The van der Waals surface area contributed by atoms with Gasteiger partial charge in [-0.3, -0.25) is 4.79 Å². The van der Waals surface area contributed by atoms with Gasteiger partial charge in [-0.25, -0.2) is 9.48 Å². The number of methoxy groups -OCH3 is 2. The van der Waals surface area contributed by atoms with Crippen LogP contribution < -0.4 is 14.8 Å². The van der Waals surface area contributed by atoms with Gasteiger partial charge in [-0.1, -0.05) is 5.21 Å². The number of amides is 1. The van der Waals surface area contributed by atoms with Crippen LogP contribution in [0.5, 0.6) is 11.5 Å². The summed E-state index contributed by atoms with van der Waals surface area (Å²) >= 11 is 0. The van der Waals surface area contributed by atoms with E-state index in [1.54, 1.807) is 55.3 Å². The summed E-state index contributed by atoms with van der Waals surface area (Å²) in [5.74, 6) is 0.228. The highest BCUT2D eigenvalue weighted by Crippen LogP contribution is 2.29. The van der Waals surface area contributed by atoms with Crippen molar-refractivity contribution in [2.45, 2.75) is 26.4 Å². The normalized spacial score (nSPS) is 11.7. The van der Waals surface area contributed by atoms with E-state index in [4.69, 9.17) is 14.2 Å². The van der Waals surface area contributed by atoms with Crippen LogP contribution in [-0.2, 0) is 16.1 Å². The highest BCUT2D eigenvalue weighted by molar-refractivity contribution is 5.94. The van der Waals surface area contributed by atoms with Gasteiger partial charge >= 0.3 is 5.97 Å². The van der Waals surface area contributed by atoms with Gasteiger partial charge in [0.1, 0.15) is 17.0 Å². The number of rotatable bonds is 8. The summed E-state index contributed by atoms with van der Waals surface area (Å²) in [5, 5.41) is 10.8. The zero-order valence-corrected chi connectivity index (χ0v) is 17.3.